The van der Waals surface area contributed by atoms with Crippen LogP contribution in [0, 0.1) is 0 Å². The van der Waals surface area contributed by atoms with E-state index in [4.69, 9.17) is 4.74 Å². The topological polar surface area (TPSA) is 38.3 Å². The molecule has 13 heavy (non-hydrogen) atoms. The maximum atomic E-state index is 11.1. The van der Waals surface area contributed by atoms with Gasteiger partial charge in [0.25, 0.3) is 0 Å². The molecule has 0 aromatic rings. The monoisotopic (exact) mass is 203 g/mol. The minimum absolute atomic E-state index is 0.0957. The van der Waals surface area contributed by atoms with E-state index in [9.17, 15) is 4.79 Å². The molecule has 0 amide bonds. The summed E-state index contributed by atoms with van der Waals surface area (Å²) in [7, 11) is 0. The second-order valence-corrected chi connectivity index (χ2v) is 4.83. The highest BCUT2D eigenvalue weighted by atomic mass is 32.2. The van der Waals surface area contributed by atoms with E-state index < -0.39 is 0 Å². The van der Waals surface area contributed by atoms with Crippen molar-refractivity contribution in [2.45, 2.75) is 37.3 Å². The molecule has 1 heterocycles. The van der Waals surface area contributed by atoms with Gasteiger partial charge >= 0.3 is 5.97 Å². The highest BCUT2D eigenvalue weighted by Gasteiger charge is 2.21. The summed E-state index contributed by atoms with van der Waals surface area (Å²) in [5, 5.41) is 4.21. The van der Waals surface area contributed by atoms with Crippen LogP contribution in [0.5, 0.6) is 0 Å². The summed E-state index contributed by atoms with van der Waals surface area (Å²) in [5.41, 5.74) is 0. The van der Waals surface area contributed by atoms with Gasteiger partial charge in [0.05, 0.1) is 18.4 Å². The Labute approximate surface area is 83.6 Å². The van der Waals surface area contributed by atoms with Gasteiger partial charge in [0.2, 0.25) is 0 Å². The quantitative estimate of drug-likeness (QED) is 0.703. The normalized spacial score (nSPS) is 28.5. The molecule has 0 radical (unpaired) electrons. The van der Waals surface area contributed by atoms with Crippen LogP contribution in [0.3, 0.4) is 0 Å². The predicted octanol–water partition coefficient (Wildman–Crippen LogP) is 1.38. The van der Waals surface area contributed by atoms with Gasteiger partial charge in [-0.1, -0.05) is 6.92 Å². The van der Waals surface area contributed by atoms with Gasteiger partial charge in [0, 0.05) is 5.25 Å². The van der Waals surface area contributed by atoms with Crippen molar-refractivity contribution in [3.63, 3.8) is 0 Å². The zero-order chi connectivity index (χ0) is 9.68. The molecule has 1 N–H and O–H groups in total. The SMILES string of the molecule is CCOC(=O)CC1NCCC(C)S1. The van der Waals surface area contributed by atoms with E-state index in [0.717, 1.165) is 6.54 Å². The summed E-state index contributed by atoms with van der Waals surface area (Å²) in [6.07, 6.45) is 1.67. The molecule has 0 aromatic heterocycles. The molecule has 4 heteroatoms. The van der Waals surface area contributed by atoms with E-state index >= 15 is 0 Å². The standard InChI is InChI=1S/C9H17NO2S/c1-3-12-9(11)6-8-10-5-4-7(2)13-8/h7-8,10H,3-6H2,1-2H3. The molecule has 0 spiro atoms. The van der Waals surface area contributed by atoms with Crippen molar-refractivity contribution in [1.29, 1.82) is 0 Å². The van der Waals surface area contributed by atoms with Crippen molar-refractivity contribution in [3.8, 4) is 0 Å². The lowest BCUT2D eigenvalue weighted by atomic mass is 10.3. The lowest BCUT2D eigenvalue weighted by molar-refractivity contribution is -0.143. The molecule has 1 fully saturated rings. The molecule has 2 atom stereocenters. The summed E-state index contributed by atoms with van der Waals surface area (Å²) in [6.45, 7) is 5.52. The van der Waals surface area contributed by atoms with Crippen LogP contribution in [0.25, 0.3) is 0 Å². The van der Waals surface area contributed by atoms with Crippen LogP contribution in [-0.4, -0.2) is 29.7 Å². The van der Waals surface area contributed by atoms with E-state index in [1.165, 1.54) is 6.42 Å². The Kier molecular flexibility index (Phi) is 4.59. The van der Waals surface area contributed by atoms with Gasteiger partial charge in [-0.2, -0.15) is 0 Å². The van der Waals surface area contributed by atoms with Crippen molar-refractivity contribution >= 4 is 17.7 Å². The van der Waals surface area contributed by atoms with E-state index in [-0.39, 0.29) is 11.3 Å². The Morgan fingerprint density at radius 3 is 3.08 bits per heavy atom. The first-order valence-electron chi connectivity index (χ1n) is 4.77. The van der Waals surface area contributed by atoms with E-state index in [0.29, 0.717) is 18.3 Å². The lowest BCUT2D eigenvalue weighted by Gasteiger charge is -2.26. The number of nitrogens with one attached hydrogen (secondary N) is 1. The van der Waals surface area contributed by atoms with Gasteiger partial charge < -0.3 is 10.1 Å². The molecule has 3 nitrogen and oxygen atoms in total. The van der Waals surface area contributed by atoms with Crippen LogP contribution in [0.4, 0.5) is 0 Å². The molecule has 76 valence electrons. The number of esters is 1. The maximum Gasteiger partial charge on any atom is 0.308 e. The van der Waals surface area contributed by atoms with Crippen LogP contribution >= 0.6 is 11.8 Å². The molecular weight excluding hydrogens is 186 g/mol. The molecule has 2 unspecified atom stereocenters. The van der Waals surface area contributed by atoms with Crippen LogP contribution in [0.15, 0.2) is 0 Å². The first kappa shape index (κ1) is 10.9. The summed E-state index contributed by atoms with van der Waals surface area (Å²) in [5.74, 6) is -0.0957. The predicted molar refractivity (Wildman–Crippen MR) is 54.7 cm³/mol. The third-order valence-corrected chi connectivity index (χ3v) is 3.34. The molecule has 0 bridgehead atoms. The molecule has 0 aromatic carbocycles. The van der Waals surface area contributed by atoms with Gasteiger partial charge in [-0.05, 0) is 19.9 Å². The Hall–Kier alpha value is -0.220. The van der Waals surface area contributed by atoms with E-state index in [1.54, 1.807) is 0 Å². The number of carbonyl (C=O) groups excluding carboxylic acids is 1. The average molecular weight is 203 g/mol. The first-order chi connectivity index (χ1) is 6.22. The number of rotatable bonds is 3. The number of thioether (sulfide) groups is 1. The highest BCUT2D eigenvalue weighted by molar-refractivity contribution is 8.00. The lowest BCUT2D eigenvalue weighted by Crippen LogP contribution is -2.36. The van der Waals surface area contributed by atoms with E-state index in [2.05, 4.69) is 12.2 Å². The zero-order valence-corrected chi connectivity index (χ0v) is 9.02. The minimum Gasteiger partial charge on any atom is -0.466 e. The maximum absolute atomic E-state index is 11.1. The Morgan fingerprint density at radius 2 is 2.46 bits per heavy atom. The summed E-state index contributed by atoms with van der Waals surface area (Å²) < 4.78 is 4.89. The highest BCUT2D eigenvalue weighted by Crippen LogP contribution is 2.24. The van der Waals surface area contributed by atoms with Crippen LogP contribution in [0.2, 0.25) is 0 Å². The molecule has 1 rings (SSSR count). The van der Waals surface area contributed by atoms with Crippen LogP contribution in [0.1, 0.15) is 26.7 Å². The third kappa shape index (κ3) is 4.00. The average Bonchev–Trinajstić information content (AvgIpc) is 2.04. The van der Waals surface area contributed by atoms with Gasteiger partial charge in [0.1, 0.15) is 0 Å². The van der Waals surface area contributed by atoms with Gasteiger partial charge in [0.15, 0.2) is 0 Å². The minimum atomic E-state index is -0.0957. The molecule has 1 saturated heterocycles. The van der Waals surface area contributed by atoms with E-state index in [1.807, 2.05) is 18.7 Å². The zero-order valence-electron chi connectivity index (χ0n) is 8.21. The van der Waals surface area contributed by atoms with Crippen molar-refractivity contribution in [3.05, 3.63) is 0 Å². The first-order valence-corrected chi connectivity index (χ1v) is 5.71. The van der Waals surface area contributed by atoms with Crippen LogP contribution < -0.4 is 5.32 Å². The summed E-state index contributed by atoms with van der Waals surface area (Å²) in [4.78, 5) is 11.1. The molecule has 0 aliphatic carbocycles. The number of hydrogen-bond donors (Lipinski definition) is 1. The second kappa shape index (κ2) is 5.50. The third-order valence-electron chi connectivity index (χ3n) is 1.98. The van der Waals surface area contributed by atoms with Crippen molar-refractivity contribution in [1.82, 2.24) is 5.32 Å². The largest absolute Gasteiger partial charge is 0.466 e. The van der Waals surface area contributed by atoms with Crippen molar-refractivity contribution in [2.75, 3.05) is 13.2 Å². The molecular formula is C9H17NO2S. The fourth-order valence-electron chi connectivity index (χ4n) is 1.34. The van der Waals surface area contributed by atoms with Gasteiger partial charge in [-0.3, -0.25) is 4.79 Å². The number of hydrogen-bond acceptors (Lipinski definition) is 4. The Bertz CT molecular complexity index is 175. The molecule has 1 aliphatic heterocycles. The van der Waals surface area contributed by atoms with Crippen molar-refractivity contribution < 1.29 is 9.53 Å². The van der Waals surface area contributed by atoms with Gasteiger partial charge in [-0.25, -0.2) is 0 Å². The van der Waals surface area contributed by atoms with Crippen LogP contribution in [-0.2, 0) is 9.53 Å². The Balaban J connectivity index is 2.23. The van der Waals surface area contributed by atoms with Crippen molar-refractivity contribution in [2.24, 2.45) is 0 Å². The second-order valence-electron chi connectivity index (χ2n) is 3.19. The van der Waals surface area contributed by atoms with Gasteiger partial charge in [-0.15, -0.1) is 11.8 Å². The summed E-state index contributed by atoms with van der Waals surface area (Å²) >= 11 is 1.83. The number of ether oxygens (including phenoxy) is 1. The summed E-state index contributed by atoms with van der Waals surface area (Å²) in [6, 6.07) is 0. The fraction of sp³-hybridized carbons (Fsp3) is 0.889. The smallest absolute Gasteiger partial charge is 0.308 e. The molecule has 1 aliphatic rings. The number of carbonyl (C=O) groups is 1. The molecule has 0 saturated carbocycles. The Morgan fingerprint density at radius 1 is 1.69 bits per heavy atom. The fourth-order valence-corrected chi connectivity index (χ4v) is 2.60.